The van der Waals surface area contributed by atoms with Crippen LogP contribution in [0.2, 0.25) is 12.1 Å². The Morgan fingerprint density at radius 1 is 0.391 bits per heavy atom. The zero-order valence-corrected chi connectivity index (χ0v) is 49.8. The van der Waals surface area contributed by atoms with Crippen LogP contribution in [0.15, 0.2) is 24.3 Å². The maximum atomic E-state index is 5.52. The van der Waals surface area contributed by atoms with Crippen molar-refractivity contribution >= 4 is 26.6 Å². The average Bonchev–Trinajstić information content (AvgIpc) is 3.24. The molecule has 0 unspecified atom stereocenters. The molecule has 0 heterocycles. The zero-order chi connectivity index (χ0) is 46.9. The Morgan fingerprint density at radius 3 is 1.09 bits per heavy atom. The molecule has 0 amide bonds. The zero-order valence-electron chi connectivity index (χ0n) is 44.5. The van der Waals surface area contributed by atoms with Crippen LogP contribution in [0.3, 0.4) is 0 Å². The molecular formula is C46H102Cl3N3O9Si3. The highest BCUT2D eigenvalue weighted by atomic mass is 35.5. The van der Waals surface area contributed by atoms with Gasteiger partial charge in [0.15, 0.2) is 0 Å². The van der Waals surface area contributed by atoms with E-state index >= 15 is 0 Å². The Bertz CT molecular complexity index is 1140. The molecule has 0 bridgehead atoms. The molecule has 1 rings (SSSR count). The monoisotopic (exact) mass is 1030 g/mol. The van der Waals surface area contributed by atoms with Gasteiger partial charge in [-0.2, -0.15) is 0 Å². The summed E-state index contributed by atoms with van der Waals surface area (Å²) in [4.78, 5) is 0. The van der Waals surface area contributed by atoms with Crippen molar-refractivity contribution in [2.75, 3.05) is 133 Å². The Labute approximate surface area is 418 Å². The minimum atomic E-state index is -2.54. The Morgan fingerprint density at radius 2 is 0.734 bits per heavy atom. The summed E-state index contributed by atoms with van der Waals surface area (Å²) in [7, 11) is 23.1. The van der Waals surface area contributed by atoms with Crippen LogP contribution in [0, 0.1) is 0 Å². The van der Waals surface area contributed by atoms with Gasteiger partial charge >= 0.3 is 26.6 Å². The number of rotatable bonds is 35. The fourth-order valence-electron chi connectivity index (χ4n) is 7.67. The van der Waals surface area contributed by atoms with Crippen molar-refractivity contribution in [1.29, 1.82) is 0 Å². The van der Waals surface area contributed by atoms with Crippen LogP contribution in [0.1, 0.15) is 121 Å². The minimum absolute atomic E-state index is 0. The van der Waals surface area contributed by atoms with Crippen LogP contribution >= 0.6 is 0 Å². The molecule has 0 fully saturated rings. The topological polar surface area (TPSA) is 83.1 Å². The standard InChI is InChI=1S/C22H50NO3Si.C15H28NO3Si.C9H24NO3Si.3ClH/c1-7-8-9-10-11-12-13-14-15-16-17-18-20-23(2,3)21-19-22-27(24-4,25-5)26-6;1-16(2,3)13-15-9-7-14(8-10-15)11-12-20(17-4,18-5)19-6;1-7-8-9-10(2,3)14(11-4,12-5)13-6;;;/h7-22H2,1-6H3;7-10H,11-13H2,1-6H3;7-9H2,1-6H3;3*1H/q3*+1;;;/p-3. The molecule has 388 valence electrons. The van der Waals surface area contributed by atoms with Crippen LogP contribution in [-0.2, 0) is 52.8 Å². The number of quaternary nitrogens is 3. The van der Waals surface area contributed by atoms with E-state index in [0.29, 0.717) is 4.15 Å². The van der Waals surface area contributed by atoms with E-state index < -0.39 is 26.6 Å². The van der Waals surface area contributed by atoms with Crippen molar-refractivity contribution in [3.8, 4) is 0 Å². The second kappa shape index (κ2) is 41.1. The first kappa shape index (κ1) is 73.2. The van der Waals surface area contributed by atoms with E-state index in [1.807, 2.05) is 0 Å². The van der Waals surface area contributed by atoms with Gasteiger partial charge in [-0.1, -0.05) is 109 Å². The molecule has 0 radical (unpaired) electrons. The smallest absolute Gasteiger partial charge is 0.783 e. The normalized spacial score (nSPS) is 12.2. The van der Waals surface area contributed by atoms with E-state index in [4.69, 9.17) is 39.8 Å². The maximum Gasteiger partial charge on any atom is 0.783 e. The van der Waals surface area contributed by atoms with Gasteiger partial charge in [-0.3, -0.25) is 0 Å². The summed E-state index contributed by atoms with van der Waals surface area (Å²) in [6, 6.07) is 10.5. The Hall–Kier alpha value is 0.261. The molecule has 0 N–H and O–H groups in total. The molecule has 0 aliphatic heterocycles. The van der Waals surface area contributed by atoms with E-state index in [1.54, 1.807) is 64.0 Å². The fraction of sp³-hybridized carbons (Fsp3) is 0.870. The van der Waals surface area contributed by atoms with E-state index in [2.05, 4.69) is 87.4 Å². The second-order valence-electron chi connectivity index (χ2n) is 18.6. The Balaban J connectivity index is -0.000000279. The van der Waals surface area contributed by atoms with Crippen molar-refractivity contribution in [2.45, 2.75) is 135 Å². The summed E-state index contributed by atoms with van der Waals surface area (Å²) >= 11 is 0. The summed E-state index contributed by atoms with van der Waals surface area (Å²) in [5.74, 6) is 0. The molecule has 0 saturated heterocycles. The van der Waals surface area contributed by atoms with Crippen LogP contribution < -0.4 is 37.2 Å². The van der Waals surface area contributed by atoms with E-state index in [-0.39, 0.29) is 37.2 Å². The third-order valence-corrected chi connectivity index (χ3v) is 20.5. The molecule has 12 nitrogen and oxygen atoms in total. The molecule has 0 aliphatic carbocycles. The van der Waals surface area contributed by atoms with Gasteiger partial charge in [-0.05, 0) is 31.2 Å². The first-order valence-corrected chi connectivity index (χ1v) is 28.8. The minimum Gasteiger partial charge on any atom is -1.00 e. The summed E-state index contributed by atoms with van der Waals surface area (Å²) in [6.07, 6.45) is 21.3. The van der Waals surface area contributed by atoms with E-state index in [9.17, 15) is 0 Å². The summed E-state index contributed by atoms with van der Waals surface area (Å²) in [5, 5.41) is 0. The maximum absolute atomic E-state index is 5.52. The second-order valence-corrected chi connectivity index (χ2v) is 28.3. The van der Waals surface area contributed by atoms with Crippen LogP contribution in [0.4, 0.5) is 0 Å². The van der Waals surface area contributed by atoms with Gasteiger partial charge in [0.25, 0.3) is 0 Å². The highest BCUT2D eigenvalue weighted by molar-refractivity contribution is 6.60. The lowest BCUT2D eigenvalue weighted by molar-refractivity contribution is -0.890. The summed E-state index contributed by atoms with van der Waals surface area (Å²) in [5.41, 5.74) is 2.65. The van der Waals surface area contributed by atoms with Gasteiger partial charge in [0.1, 0.15) is 6.54 Å². The highest BCUT2D eigenvalue weighted by Gasteiger charge is 2.59. The highest BCUT2D eigenvalue weighted by Crippen LogP contribution is 2.21. The van der Waals surface area contributed by atoms with Gasteiger partial charge in [-0.15, -0.1) is 0 Å². The quantitative estimate of drug-likeness (QED) is 0.0553. The van der Waals surface area contributed by atoms with Gasteiger partial charge in [0.2, 0.25) is 0 Å². The molecule has 0 spiro atoms. The van der Waals surface area contributed by atoms with Crippen LogP contribution in [-0.4, -0.2) is 173 Å². The van der Waals surface area contributed by atoms with Crippen LogP contribution in [0.25, 0.3) is 0 Å². The molecule has 1 aromatic rings. The predicted molar refractivity (Wildman–Crippen MR) is 261 cm³/mol. The van der Waals surface area contributed by atoms with Crippen molar-refractivity contribution in [2.24, 2.45) is 0 Å². The number of nitrogens with zero attached hydrogens (tertiary/aromatic N) is 3. The number of halogens is 3. The molecule has 0 atom stereocenters. The third-order valence-electron chi connectivity index (χ3n) is 11.7. The fourth-order valence-corrected chi connectivity index (χ4v) is 13.5. The average molecular weight is 1030 g/mol. The Kier molecular flexibility index (Phi) is 47.0. The molecule has 0 aliphatic rings. The van der Waals surface area contributed by atoms with Gasteiger partial charge in [0.05, 0.1) is 69.0 Å². The lowest BCUT2D eigenvalue weighted by Gasteiger charge is -2.39. The largest absolute Gasteiger partial charge is 1.00 e. The van der Waals surface area contributed by atoms with Crippen molar-refractivity contribution in [3.05, 3.63) is 35.4 Å². The summed E-state index contributed by atoms with van der Waals surface area (Å²) in [6.45, 7) is 8.93. The lowest BCUT2D eigenvalue weighted by Crippen LogP contribution is -3.00. The first-order valence-electron chi connectivity index (χ1n) is 23.3. The molecule has 18 heteroatoms. The number of hydrogen-bond acceptors (Lipinski definition) is 9. The SMILES string of the molecule is CCCCCCCCCCCCCC[N+](C)(C)CCC[Si](OC)(OC)OC.CCCC[N+](C)(C)[Si](OC)(OC)OC.CO[Si](CCc1ccc(C[N+](C)(C)C)cc1)(OC)OC.[Cl-].[Cl-].[Cl-]. The number of aryl methyl sites for hydroxylation is 1. The molecule has 0 saturated carbocycles. The molecule has 64 heavy (non-hydrogen) atoms. The molecule has 0 aromatic heterocycles. The number of unbranched alkanes of at least 4 members (excludes halogenated alkanes) is 12. The van der Waals surface area contributed by atoms with Gasteiger partial charge in [0, 0.05) is 88.1 Å². The number of benzene rings is 1. The van der Waals surface area contributed by atoms with Crippen LogP contribution in [0.5, 0.6) is 0 Å². The van der Waals surface area contributed by atoms with Crippen molar-refractivity contribution in [3.63, 3.8) is 0 Å². The molecular weight excluding hydrogens is 929 g/mol. The third kappa shape index (κ3) is 32.1. The van der Waals surface area contributed by atoms with E-state index in [0.717, 1.165) is 60.0 Å². The van der Waals surface area contributed by atoms with E-state index in [1.165, 1.54) is 101 Å². The lowest BCUT2D eigenvalue weighted by atomic mass is 10.1. The summed E-state index contributed by atoms with van der Waals surface area (Å²) < 4.78 is 52.0. The molecule has 1 aromatic carbocycles. The van der Waals surface area contributed by atoms with Gasteiger partial charge in [-0.25, -0.2) is 0 Å². The van der Waals surface area contributed by atoms with Gasteiger partial charge < -0.3 is 90.2 Å². The number of hydrogen-bond donors (Lipinski definition) is 0. The van der Waals surface area contributed by atoms with Crippen molar-refractivity contribution < 1.29 is 90.2 Å². The van der Waals surface area contributed by atoms with Crippen molar-refractivity contribution in [1.82, 2.24) is 0 Å². The predicted octanol–water partition coefficient (Wildman–Crippen LogP) is 0.595. The first-order chi connectivity index (χ1) is 28.8.